The Hall–Kier alpha value is -3.10. The van der Waals surface area contributed by atoms with E-state index in [1.807, 2.05) is 48.5 Å². The Labute approximate surface area is 227 Å². The molecule has 1 atom stereocenters. The van der Waals surface area contributed by atoms with E-state index < -0.39 is 17.8 Å². The highest BCUT2D eigenvalue weighted by atomic mass is 16.8. The predicted octanol–water partition coefficient (Wildman–Crippen LogP) is 5.27. The van der Waals surface area contributed by atoms with Crippen LogP contribution in [0.15, 0.2) is 48.5 Å². The molecule has 2 aromatic carbocycles. The van der Waals surface area contributed by atoms with Crippen molar-refractivity contribution in [3.8, 4) is 5.75 Å². The van der Waals surface area contributed by atoms with Crippen molar-refractivity contribution < 1.29 is 23.9 Å². The second kappa shape index (κ2) is 13.1. The molecule has 0 bridgehead atoms. The van der Waals surface area contributed by atoms with Gasteiger partial charge in [-0.05, 0) is 83.7 Å². The van der Waals surface area contributed by atoms with Gasteiger partial charge in [0.2, 0.25) is 5.91 Å². The maximum absolute atomic E-state index is 13.5. The van der Waals surface area contributed by atoms with Crippen LogP contribution in [-0.4, -0.2) is 59.3 Å². The van der Waals surface area contributed by atoms with E-state index in [-0.39, 0.29) is 5.91 Å². The molecule has 208 valence electrons. The van der Waals surface area contributed by atoms with Crippen LogP contribution < -0.4 is 10.1 Å². The molecule has 38 heavy (non-hydrogen) atoms. The maximum atomic E-state index is 13.5. The van der Waals surface area contributed by atoms with Crippen LogP contribution in [0.3, 0.4) is 0 Å². The zero-order chi connectivity index (χ0) is 27.9. The molecule has 0 spiro atoms. The highest BCUT2D eigenvalue weighted by Crippen LogP contribution is 2.33. The number of hydroxylamine groups is 2. The second-order valence-electron chi connectivity index (χ2n) is 11.2. The standard InChI is InChI=1S/C30H43N3O5/c1-21(2)32(22(3)4)18-16-31-28(34)27-26-14-13-25(36-20-23-11-9-8-10-12-23)19-24(26)15-17-33(27)38-29(35)37-30(5,6)7/h8-14,19,21-22,27H,15-18,20H2,1-7H3,(H,31,34). The summed E-state index contributed by atoms with van der Waals surface area (Å²) < 4.78 is 11.4. The van der Waals surface area contributed by atoms with Gasteiger partial charge in [-0.25, -0.2) is 4.79 Å². The van der Waals surface area contributed by atoms with Crippen LogP contribution in [0.25, 0.3) is 0 Å². The second-order valence-corrected chi connectivity index (χ2v) is 11.2. The molecule has 0 fully saturated rings. The number of hydrogen-bond acceptors (Lipinski definition) is 7. The molecule has 3 rings (SSSR count). The molecule has 0 saturated carbocycles. The number of carbonyl (C=O) groups is 2. The van der Waals surface area contributed by atoms with Gasteiger partial charge in [-0.3, -0.25) is 9.69 Å². The summed E-state index contributed by atoms with van der Waals surface area (Å²) in [6.45, 7) is 15.9. The van der Waals surface area contributed by atoms with Gasteiger partial charge < -0.3 is 19.6 Å². The van der Waals surface area contributed by atoms with Gasteiger partial charge in [0.1, 0.15) is 24.0 Å². The van der Waals surface area contributed by atoms with Gasteiger partial charge in [-0.1, -0.05) is 36.4 Å². The average Bonchev–Trinajstić information content (AvgIpc) is 2.84. The minimum Gasteiger partial charge on any atom is -0.489 e. The molecule has 1 aliphatic rings. The van der Waals surface area contributed by atoms with Crippen molar-refractivity contribution in [1.82, 2.24) is 15.3 Å². The molecular formula is C30H43N3O5. The molecule has 1 N–H and O–H groups in total. The van der Waals surface area contributed by atoms with Crippen molar-refractivity contribution in [2.75, 3.05) is 19.6 Å². The summed E-state index contributed by atoms with van der Waals surface area (Å²) in [6, 6.07) is 15.6. The van der Waals surface area contributed by atoms with E-state index in [0.717, 1.165) is 29.0 Å². The largest absolute Gasteiger partial charge is 0.528 e. The van der Waals surface area contributed by atoms with Crippen LogP contribution in [0.4, 0.5) is 4.79 Å². The quantitative estimate of drug-likeness (QED) is 0.424. The fraction of sp³-hybridized carbons (Fsp3) is 0.533. The van der Waals surface area contributed by atoms with Gasteiger partial charge in [0.05, 0.1) is 0 Å². The third-order valence-electron chi connectivity index (χ3n) is 6.37. The summed E-state index contributed by atoms with van der Waals surface area (Å²) in [5, 5.41) is 4.49. The van der Waals surface area contributed by atoms with E-state index in [1.165, 1.54) is 5.06 Å². The van der Waals surface area contributed by atoms with Crippen LogP contribution in [0, 0.1) is 0 Å². The van der Waals surface area contributed by atoms with Gasteiger partial charge >= 0.3 is 6.16 Å². The highest BCUT2D eigenvalue weighted by Gasteiger charge is 2.37. The third kappa shape index (κ3) is 8.46. The first kappa shape index (κ1) is 29.5. The van der Waals surface area contributed by atoms with Crippen molar-refractivity contribution in [2.24, 2.45) is 0 Å². The van der Waals surface area contributed by atoms with Gasteiger partial charge in [0.25, 0.3) is 0 Å². The molecule has 0 saturated heterocycles. The molecule has 0 aromatic heterocycles. The number of nitrogens with zero attached hydrogens (tertiary/aromatic N) is 2. The number of rotatable bonds is 10. The Bertz CT molecular complexity index is 1060. The molecule has 8 nitrogen and oxygen atoms in total. The highest BCUT2D eigenvalue weighted by molar-refractivity contribution is 5.84. The number of carbonyl (C=O) groups excluding carboxylic acids is 2. The van der Waals surface area contributed by atoms with Gasteiger partial charge in [-0.15, -0.1) is 5.06 Å². The van der Waals surface area contributed by atoms with Crippen LogP contribution in [0.5, 0.6) is 5.75 Å². The van der Waals surface area contributed by atoms with Crippen LogP contribution in [-0.2, 0) is 27.4 Å². The summed E-state index contributed by atoms with van der Waals surface area (Å²) in [5.41, 5.74) is 2.15. The molecule has 8 heteroatoms. The maximum Gasteiger partial charge on any atom is 0.528 e. The lowest BCUT2D eigenvalue weighted by atomic mass is 9.93. The number of nitrogens with one attached hydrogen (secondary N) is 1. The summed E-state index contributed by atoms with van der Waals surface area (Å²) in [7, 11) is 0. The van der Waals surface area contributed by atoms with Gasteiger partial charge in [0, 0.05) is 31.7 Å². The lowest BCUT2D eigenvalue weighted by Crippen LogP contribution is -2.48. The molecule has 1 heterocycles. The molecule has 1 unspecified atom stereocenters. The van der Waals surface area contributed by atoms with Gasteiger partial charge in [0.15, 0.2) is 0 Å². The Balaban J connectivity index is 1.77. The monoisotopic (exact) mass is 525 g/mol. The van der Waals surface area contributed by atoms with E-state index >= 15 is 0 Å². The van der Waals surface area contributed by atoms with E-state index in [1.54, 1.807) is 20.8 Å². The van der Waals surface area contributed by atoms with E-state index in [4.69, 9.17) is 14.3 Å². The van der Waals surface area contributed by atoms with Crippen molar-refractivity contribution in [1.29, 1.82) is 0 Å². The zero-order valence-electron chi connectivity index (χ0n) is 23.8. The number of benzene rings is 2. The van der Waals surface area contributed by atoms with Crippen molar-refractivity contribution in [3.05, 3.63) is 65.2 Å². The molecular weight excluding hydrogens is 482 g/mol. The Morgan fingerprint density at radius 2 is 1.74 bits per heavy atom. The Morgan fingerprint density at radius 3 is 2.37 bits per heavy atom. The first-order chi connectivity index (χ1) is 17.9. The lowest BCUT2D eigenvalue weighted by molar-refractivity contribution is -0.178. The molecule has 1 amide bonds. The zero-order valence-corrected chi connectivity index (χ0v) is 23.8. The Kier molecular flexibility index (Phi) is 10.2. The average molecular weight is 526 g/mol. The first-order valence-electron chi connectivity index (χ1n) is 13.4. The first-order valence-corrected chi connectivity index (χ1v) is 13.4. The molecule has 0 aliphatic carbocycles. The third-order valence-corrected chi connectivity index (χ3v) is 6.37. The normalized spacial score (nSPS) is 15.9. The number of ether oxygens (including phenoxy) is 2. The molecule has 1 aliphatic heterocycles. The van der Waals surface area contributed by atoms with Crippen molar-refractivity contribution in [2.45, 2.75) is 85.2 Å². The summed E-state index contributed by atoms with van der Waals surface area (Å²) in [5.74, 6) is 0.512. The fourth-order valence-corrected chi connectivity index (χ4v) is 4.66. The van der Waals surface area contributed by atoms with Crippen molar-refractivity contribution in [3.63, 3.8) is 0 Å². The number of amides is 1. The SMILES string of the molecule is CC(C)N(CCNC(=O)C1c2ccc(OCc3ccccc3)cc2CCN1OC(=O)OC(C)(C)C)C(C)C. The van der Waals surface area contributed by atoms with Crippen LogP contribution >= 0.6 is 0 Å². The molecule has 0 radical (unpaired) electrons. The summed E-state index contributed by atoms with van der Waals surface area (Å²) >= 11 is 0. The summed E-state index contributed by atoms with van der Waals surface area (Å²) in [6.07, 6.45) is -0.230. The summed E-state index contributed by atoms with van der Waals surface area (Å²) in [4.78, 5) is 33.9. The smallest absolute Gasteiger partial charge is 0.489 e. The van der Waals surface area contributed by atoms with E-state index in [2.05, 4.69) is 37.9 Å². The predicted molar refractivity (Wildman–Crippen MR) is 148 cm³/mol. The van der Waals surface area contributed by atoms with Crippen LogP contribution in [0.2, 0.25) is 0 Å². The fourth-order valence-electron chi connectivity index (χ4n) is 4.66. The van der Waals surface area contributed by atoms with Crippen LogP contribution in [0.1, 0.15) is 71.2 Å². The minimum absolute atomic E-state index is 0.222. The molecule has 2 aromatic rings. The number of hydrogen-bond donors (Lipinski definition) is 1. The number of fused-ring (bicyclic) bond motifs is 1. The minimum atomic E-state index is -0.827. The van der Waals surface area contributed by atoms with E-state index in [9.17, 15) is 9.59 Å². The topological polar surface area (TPSA) is 80.3 Å². The van der Waals surface area contributed by atoms with E-state index in [0.29, 0.717) is 38.2 Å². The Morgan fingerprint density at radius 1 is 1.05 bits per heavy atom. The lowest BCUT2D eigenvalue weighted by Gasteiger charge is -2.35. The van der Waals surface area contributed by atoms with Gasteiger partial charge in [-0.2, -0.15) is 0 Å². The van der Waals surface area contributed by atoms with Crippen molar-refractivity contribution >= 4 is 12.1 Å².